The average Bonchev–Trinajstić information content (AvgIpc) is 2.99. The number of aryl methyl sites for hydroxylation is 2. The van der Waals surface area contributed by atoms with Crippen molar-refractivity contribution in [3.63, 3.8) is 0 Å². The fourth-order valence-corrected chi connectivity index (χ4v) is 3.65. The zero-order chi connectivity index (χ0) is 18.1. The van der Waals surface area contributed by atoms with Gasteiger partial charge in [0.25, 0.3) is 0 Å². The van der Waals surface area contributed by atoms with Crippen molar-refractivity contribution in [3.05, 3.63) is 54.0 Å². The maximum Gasteiger partial charge on any atom is 0.321 e. The molecule has 134 valence electrons. The van der Waals surface area contributed by atoms with E-state index in [1.165, 1.54) is 5.56 Å². The third-order valence-electron chi connectivity index (χ3n) is 5.04. The molecule has 6 heteroatoms. The van der Waals surface area contributed by atoms with Gasteiger partial charge in [-0.3, -0.25) is 0 Å². The normalized spacial score (nSPS) is 15.4. The van der Waals surface area contributed by atoms with E-state index in [-0.39, 0.29) is 6.03 Å². The number of amides is 2. The molecule has 0 bridgehead atoms. The number of nitrogens with one attached hydrogen (secondary N) is 1. The number of likely N-dealkylation sites (tertiary alicyclic amines) is 1. The molecule has 1 aliphatic heterocycles. The lowest BCUT2D eigenvalue weighted by Crippen LogP contribution is -2.41. The summed E-state index contributed by atoms with van der Waals surface area (Å²) in [6.45, 7) is 5.52. The topological polar surface area (TPSA) is 63.1 Å². The Bertz CT molecular complexity index is 923. The SMILES string of the molecule is Cc1ccc(NC(=O)N2CCC(n3c(C)nc4cccnc43)CC2)cc1. The number of pyridine rings is 1. The van der Waals surface area contributed by atoms with Crippen LogP contribution in [0.5, 0.6) is 0 Å². The van der Waals surface area contributed by atoms with E-state index < -0.39 is 0 Å². The van der Waals surface area contributed by atoms with Crippen LogP contribution in [0, 0.1) is 13.8 Å². The van der Waals surface area contributed by atoms with E-state index in [1.807, 2.05) is 61.3 Å². The van der Waals surface area contributed by atoms with Gasteiger partial charge < -0.3 is 14.8 Å². The summed E-state index contributed by atoms with van der Waals surface area (Å²) in [5, 5.41) is 2.98. The molecular formula is C20H23N5O. The van der Waals surface area contributed by atoms with Crippen molar-refractivity contribution in [2.24, 2.45) is 0 Å². The molecule has 1 N–H and O–H groups in total. The lowest BCUT2D eigenvalue weighted by atomic mass is 10.0. The second-order valence-corrected chi connectivity index (χ2v) is 6.89. The maximum absolute atomic E-state index is 12.5. The van der Waals surface area contributed by atoms with Gasteiger partial charge in [-0.05, 0) is 51.0 Å². The van der Waals surface area contributed by atoms with Crippen LogP contribution in [0.2, 0.25) is 0 Å². The van der Waals surface area contributed by atoms with E-state index >= 15 is 0 Å². The van der Waals surface area contributed by atoms with Crippen molar-refractivity contribution >= 4 is 22.9 Å². The highest BCUT2D eigenvalue weighted by molar-refractivity contribution is 5.89. The predicted molar refractivity (Wildman–Crippen MR) is 102 cm³/mol. The number of benzene rings is 1. The van der Waals surface area contributed by atoms with Crippen LogP contribution in [0.1, 0.15) is 30.3 Å². The van der Waals surface area contributed by atoms with Gasteiger partial charge in [-0.1, -0.05) is 17.7 Å². The number of carbonyl (C=O) groups is 1. The average molecular weight is 349 g/mol. The van der Waals surface area contributed by atoms with Gasteiger partial charge >= 0.3 is 6.03 Å². The molecule has 1 fully saturated rings. The number of anilines is 1. The molecule has 0 atom stereocenters. The van der Waals surface area contributed by atoms with E-state index in [2.05, 4.69) is 19.9 Å². The summed E-state index contributed by atoms with van der Waals surface area (Å²) in [5.74, 6) is 0.987. The van der Waals surface area contributed by atoms with Gasteiger partial charge in [-0.15, -0.1) is 0 Å². The van der Waals surface area contributed by atoms with Crippen LogP contribution in [-0.2, 0) is 0 Å². The van der Waals surface area contributed by atoms with Gasteiger partial charge in [0.2, 0.25) is 0 Å². The number of aromatic nitrogens is 3. The number of carbonyl (C=O) groups excluding carboxylic acids is 1. The monoisotopic (exact) mass is 349 g/mol. The molecular weight excluding hydrogens is 326 g/mol. The van der Waals surface area contributed by atoms with Crippen LogP contribution in [0.3, 0.4) is 0 Å². The second kappa shape index (κ2) is 6.78. The molecule has 0 spiro atoms. The second-order valence-electron chi connectivity index (χ2n) is 6.89. The molecule has 2 aromatic heterocycles. The van der Waals surface area contributed by atoms with Crippen LogP contribution < -0.4 is 5.32 Å². The number of fused-ring (bicyclic) bond motifs is 1. The Hall–Kier alpha value is -2.89. The van der Waals surface area contributed by atoms with E-state index in [4.69, 9.17) is 0 Å². The Morgan fingerprint density at radius 2 is 1.85 bits per heavy atom. The summed E-state index contributed by atoms with van der Waals surface area (Å²) >= 11 is 0. The fourth-order valence-electron chi connectivity index (χ4n) is 3.65. The molecule has 26 heavy (non-hydrogen) atoms. The molecule has 0 aliphatic carbocycles. The molecule has 1 aromatic carbocycles. The summed E-state index contributed by atoms with van der Waals surface area (Å²) < 4.78 is 2.23. The Morgan fingerprint density at radius 3 is 2.58 bits per heavy atom. The minimum atomic E-state index is -0.0300. The molecule has 4 rings (SSSR count). The van der Waals surface area contributed by atoms with Crippen molar-refractivity contribution in [3.8, 4) is 0 Å². The first-order valence-electron chi connectivity index (χ1n) is 9.04. The first kappa shape index (κ1) is 16.6. The van der Waals surface area contributed by atoms with Crippen molar-refractivity contribution in [2.45, 2.75) is 32.7 Å². The molecule has 1 aliphatic rings. The highest BCUT2D eigenvalue weighted by Crippen LogP contribution is 2.28. The fraction of sp³-hybridized carbons (Fsp3) is 0.350. The quantitative estimate of drug-likeness (QED) is 0.763. The Morgan fingerprint density at radius 1 is 1.12 bits per heavy atom. The summed E-state index contributed by atoms with van der Waals surface area (Å²) in [5.41, 5.74) is 3.89. The van der Waals surface area contributed by atoms with Crippen molar-refractivity contribution in [2.75, 3.05) is 18.4 Å². The highest BCUT2D eigenvalue weighted by atomic mass is 16.2. The molecule has 0 radical (unpaired) electrons. The molecule has 0 saturated carbocycles. The minimum absolute atomic E-state index is 0.0300. The van der Waals surface area contributed by atoms with Gasteiger partial charge in [-0.25, -0.2) is 14.8 Å². The lowest BCUT2D eigenvalue weighted by molar-refractivity contribution is 0.184. The maximum atomic E-state index is 12.5. The van der Waals surface area contributed by atoms with Crippen LogP contribution in [0.25, 0.3) is 11.2 Å². The van der Waals surface area contributed by atoms with Gasteiger partial charge in [0.1, 0.15) is 11.3 Å². The van der Waals surface area contributed by atoms with Crippen LogP contribution in [0.15, 0.2) is 42.6 Å². The van der Waals surface area contributed by atoms with Gasteiger partial charge in [0.15, 0.2) is 5.65 Å². The number of hydrogen-bond donors (Lipinski definition) is 1. The van der Waals surface area contributed by atoms with Gasteiger partial charge in [0.05, 0.1) is 0 Å². The van der Waals surface area contributed by atoms with Gasteiger partial charge in [-0.2, -0.15) is 0 Å². The largest absolute Gasteiger partial charge is 0.324 e. The Kier molecular flexibility index (Phi) is 4.32. The van der Waals surface area contributed by atoms with Crippen molar-refractivity contribution in [1.82, 2.24) is 19.4 Å². The predicted octanol–water partition coefficient (Wildman–Crippen LogP) is 3.92. The summed E-state index contributed by atoms with van der Waals surface area (Å²) in [6.07, 6.45) is 3.62. The molecule has 0 unspecified atom stereocenters. The lowest BCUT2D eigenvalue weighted by Gasteiger charge is -2.33. The smallest absolute Gasteiger partial charge is 0.321 e. The standard InChI is InChI=1S/C20H23N5O/c1-14-5-7-16(8-6-14)23-20(26)24-12-9-17(10-13-24)25-15(2)22-18-4-3-11-21-19(18)25/h3-8,11,17H,9-10,12-13H2,1-2H3,(H,23,26). The molecule has 3 heterocycles. The zero-order valence-corrected chi connectivity index (χ0v) is 15.1. The van der Waals surface area contributed by atoms with Crippen LogP contribution in [-0.4, -0.2) is 38.6 Å². The molecule has 6 nitrogen and oxygen atoms in total. The molecule has 3 aromatic rings. The van der Waals surface area contributed by atoms with E-state index in [9.17, 15) is 4.79 Å². The number of piperidine rings is 1. The highest BCUT2D eigenvalue weighted by Gasteiger charge is 2.26. The zero-order valence-electron chi connectivity index (χ0n) is 15.1. The summed E-state index contributed by atoms with van der Waals surface area (Å²) in [6, 6.07) is 12.1. The van der Waals surface area contributed by atoms with E-state index in [0.29, 0.717) is 6.04 Å². The molecule has 2 amide bonds. The minimum Gasteiger partial charge on any atom is -0.324 e. The summed E-state index contributed by atoms with van der Waals surface area (Å²) in [7, 11) is 0. The molecule has 1 saturated heterocycles. The van der Waals surface area contributed by atoms with E-state index in [1.54, 1.807) is 0 Å². The first-order chi connectivity index (χ1) is 12.6. The third-order valence-corrected chi connectivity index (χ3v) is 5.04. The summed E-state index contributed by atoms with van der Waals surface area (Å²) in [4.78, 5) is 23.5. The third kappa shape index (κ3) is 3.14. The van der Waals surface area contributed by atoms with Gasteiger partial charge in [0, 0.05) is 31.0 Å². The number of urea groups is 1. The van der Waals surface area contributed by atoms with E-state index in [0.717, 1.165) is 48.6 Å². The number of rotatable bonds is 2. The number of imidazole rings is 1. The Labute approximate surface area is 152 Å². The number of hydrogen-bond acceptors (Lipinski definition) is 3. The van der Waals surface area contributed by atoms with Crippen molar-refractivity contribution in [1.29, 1.82) is 0 Å². The van der Waals surface area contributed by atoms with Crippen LogP contribution in [0.4, 0.5) is 10.5 Å². The first-order valence-corrected chi connectivity index (χ1v) is 9.04. The number of nitrogens with zero attached hydrogens (tertiary/aromatic N) is 4. The Balaban J connectivity index is 1.43. The van der Waals surface area contributed by atoms with Crippen LogP contribution >= 0.6 is 0 Å². The van der Waals surface area contributed by atoms with Crippen molar-refractivity contribution < 1.29 is 4.79 Å².